The molecule has 0 saturated carbocycles. The summed E-state index contributed by atoms with van der Waals surface area (Å²) in [6.07, 6.45) is 77.2. The predicted octanol–water partition coefficient (Wildman–Crippen LogP) is 19.7. The molecule has 0 aromatic carbocycles. The molecule has 1 atom stereocenters. The van der Waals surface area contributed by atoms with E-state index in [0.717, 1.165) is 96.3 Å². The van der Waals surface area contributed by atoms with E-state index in [1.54, 1.807) is 0 Å². The van der Waals surface area contributed by atoms with Gasteiger partial charge in [-0.25, -0.2) is 0 Å². The first-order valence-electron chi connectivity index (χ1n) is 29.2. The number of hydrogen-bond donors (Lipinski definition) is 0. The first kappa shape index (κ1) is 66.3. The minimum Gasteiger partial charge on any atom is -0.462 e. The van der Waals surface area contributed by atoms with Crippen LogP contribution < -0.4 is 0 Å². The summed E-state index contributed by atoms with van der Waals surface area (Å²) in [5.74, 6) is -0.947. The summed E-state index contributed by atoms with van der Waals surface area (Å²) >= 11 is 0. The molecule has 0 spiro atoms. The van der Waals surface area contributed by atoms with Crippen LogP contribution in [0, 0.1) is 0 Å². The Kier molecular flexibility index (Phi) is 54.9. The van der Waals surface area contributed by atoms with Gasteiger partial charge >= 0.3 is 17.9 Å². The molecule has 400 valence electrons. The molecule has 0 aliphatic rings. The Labute approximate surface area is 432 Å². The molecular weight excluding hydrogens is 865 g/mol. The van der Waals surface area contributed by atoms with E-state index in [4.69, 9.17) is 14.2 Å². The Bertz CT molecular complexity index is 1400. The van der Waals surface area contributed by atoms with Gasteiger partial charge in [0.25, 0.3) is 0 Å². The van der Waals surface area contributed by atoms with Crippen molar-refractivity contribution in [2.45, 2.75) is 277 Å². The van der Waals surface area contributed by atoms with E-state index in [9.17, 15) is 14.4 Å². The minimum absolute atomic E-state index is 0.0950. The highest BCUT2D eigenvalue weighted by Gasteiger charge is 2.19. The molecule has 0 rings (SSSR count). The summed E-state index contributed by atoms with van der Waals surface area (Å²) in [5.41, 5.74) is 0. The number of unbranched alkanes of at least 4 members (excludes halogenated alkanes) is 25. The smallest absolute Gasteiger partial charge is 0.306 e. The first-order chi connectivity index (χ1) is 34.5. The summed E-state index contributed by atoms with van der Waals surface area (Å²) < 4.78 is 16.7. The third-order valence-electron chi connectivity index (χ3n) is 12.3. The number of carbonyl (C=O) groups excluding carboxylic acids is 3. The Morgan fingerprint density at radius 2 is 0.557 bits per heavy atom. The van der Waals surface area contributed by atoms with Crippen molar-refractivity contribution in [3.63, 3.8) is 0 Å². The van der Waals surface area contributed by atoms with Gasteiger partial charge in [0, 0.05) is 19.3 Å². The van der Waals surface area contributed by atoms with Crippen LogP contribution in [0.4, 0.5) is 0 Å². The molecule has 0 amide bonds. The molecule has 6 heteroatoms. The highest BCUT2D eigenvalue weighted by molar-refractivity contribution is 5.71. The van der Waals surface area contributed by atoms with E-state index < -0.39 is 6.10 Å². The van der Waals surface area contributed by atoms with E-state index in [-0.39, 0.29) is 37.5 Å². The van der Waals surface area contributed by atoms with Gasteiger partial charge in [-0.3, -0.25) is 14.4 Å². The molecule has 0 fully saturated rings. The summed E-state index contributed by atoms with van der Waals surface area (Å²) in [7, 11) is 0. The lowest BCUT2D eigenvalue weighted by Gasteiger charge is -2.18. The highest BCUT2D eigenvalue weighted by Crippen LogP contribution is 2.15. The summed E-state index contributed by atoms with van der Waals surface area (Å²) in [4.78, 5) is 37.9. The molecule has 0 saturated heterocycles. The van der Waals surface area contributed by atoms with E-state index in [2.05, 4.69) is 118 Å². The number of carbonyl (C=O) groups is 3. The SMILES string of the molecule is CC/C=C\C/C=C\C/C=C\C/C=C\C/C=C\C/C=C\CCCCC(=O)OC(COC(=O)CCCCCCCC)COC(=O)CCCCCCCCCCCCCCC/C=C\C/C=C\CCCCCCC. The molecule has 0 heterocycles. The number of rotatable bonds is 52. The Balaban J connectivity index is 4.20. The van der Waals surface area contributed by atoms with Gasteiger partial charge in [0.1, 0.15) is 13.2 Å². The lowest BCUT2D eigenvalue weighted by molar-refractivity contribution is -0.167. The lowest BCUT2D eigenvalue weighted by atomic mass is 10.0. The average Bonchev–Trinajstić information content (AvgIpc) is 3.36. The van der Waals surface area contributed by atoms with Crippen LogP contribution in [0.3, 0.4) is 0 Å². The fraction of sp³-hybridized carbons (Fsp3) is 0.703. The van der Waals surface area contributed by atoms with Gasteiger partial charge in [0.15, 0.2) is 6.10 Å². The fourth-order valence-electron chi connectivity index (χ4n) is 7.95. The molecule has 0 aromatic rings. The zero-order chi connectivity index (χ0) is 50.7. The molecule has 0 bridgehead atoms. The zero-order valence-corrected chi connectivity index (χ0v) is 45.8. The second-order valence-electron chi connectivity index (χ2n) is 19.2. The normalized spacial score (nSPS) is 12.8. The third kappa shape index (κ3) is 55.3. The molecule has 0 aliphatic carbocycles. The predicted molar refractivity (Wildman–Crippen MR) is 302 cm³/mol. The first-order valence-corrected chi connectivity index (χ1v) is 29.2. The highest BCUT2D eigenvalue weighted by atomic mass is 16.6. The zero-order valence-electron chi connectivity index (χ0n) is 45.8. The minimum atomic E-state index is -0.798. The summed E-state index contributed by atoms with van der Waals surface area (Å²) in [5, 5.41) is 0. The Morgan fingerprint density at radius 3 is 0.900 bits per heavy atom. The molecule has 1 unspecified atom stereocenters. The van der Waals surface area contributed by atoms with Crippen molar-refractivity contribution in [2.75, 3.05) is 13.2 Å². The van der Waals surface area contributed by atoms with Crippen molar-refractivity contribution in [2.24, 2.45) is 0 Å². The van der Waals surface area contributed by atoms with Gasteiger partial charge < -0.3 is 14.2 Å². The van der Waals surface area contributed by atoms with Crippen molar-refractivity contribution < 1.29 is 28.6 Å². The molecule has 0 radical (unpaired) electrons. The van der Waals surface area contributed by atoms with E-state index >= 15 is 0 Å². The molecule has 0 aliphatic heterocycles. The molecule has 0 N–H and O–H groups in total. The number of ether oxygens (including phenoxy) is 3. The number of esters is 3. The van der Waals surface area contributed by atoms with E-state index in [1.807, 2.05) is 0 Å². The van der Waals surface area contributed by atoms with Crippen molar-refractivity contribution in [3.8, 4) is 0 Å². The fourth-order valence-corrected chi connectivity index (χ4v) is 7.95. The van der Waals surface area contributed by atoms with E-state index in [0.29, 0.717) is 19.3 Å². The van der Waals surface area contributed by atoms with Crippen LogP contribution in [0.25, 0.3) is 0 Å². The monoisotopic (exact) mass is 973 g/mol. The quantitative estimate of drug-likeness (QED) is 0.0262. The van der Waals surface area contributed by atoms with Gasteiger partial charge in [0.2, 0.25) is 0 Å². The number of allylic oxidation sites excluding steroid dienone is 16. The van der Waals surface area contributed by atoms with Crippen molar-refractivity contribution in [3.05, 3.63) is 97.2 Å². The van der Waals surface area contributed by atoms with Gasteiger partial charge in [-0.1, -0.05) is 246 Å². The molecule has 70 heavy (non-hydrogen) atoms. The standard InChI is InChI=1S/C64H108O6/c1-4-7-10-13-16-18-20-22-24-26-28-30-31-32-33-35-36-38-40-42-44-46-48-51-54-57-63(66)69-60-61(59-68-62(65)56-53-50-15-12-9-6-3)70-64(67)58-55-52-49-47-45-43-41-39-37-34-29-27-25-23-21-19-17-14-11-8-5-2/h8,11,17,19-20,22-23,25-26,28-29,34,39,41,45,47,61H,4-7,9-10,12-16,18,21,24,27,30-33,35-38,40,42-44,46,48-60H2,1-3H3/b11-8-,19-17-,22-20-,25-23-,28-26-,34-29-,41-39-,47-45-. The van der Waals surface area contributed by atoms with Crippen molar-refractivity contribution >= 4 is 17.9 Å². The largest absolute Gasteiger partial charge is 0.462 e. The van der Waals surface area contributed by atoms with Crippen LogP contribution in [0.1, 0.15) is 271 Å². The van der Waals surface area contributed by atoms with Crippen LogP contribution in [0.15, 0.2) is 97.2 Å². The van der Waals surface area contributed by atoms with Crippen molar-refractivity contribution in [1.29, 1.82) is 0 Å². The maximum absolute atomic E-state index is 12.8. The number of hydrogen-bond acceptors (Lipinski definition) is 6. The van der Waals surface area contributed by atoms with E-state index in [1.165, 1.54) is 128 Å². The second kappa shape index (κ2) is 57.9. The topological polar surface area (TPSA) is 78.9 Å². The Morgan fingerprint density at radius 1 is 0.300 bits per heavy atom. The summed E-state index contributed by atoms with van der Waals surface area (Å²) in [6.45, 7) is 6.43. The summed E-state index contributed by atoms with van der Waals surface area (Å²) in [6, 6.07) is 0. The van der Waals surface area contributed by atoms with Gasteiger partial charge in [-0.05, 0) is 103 Å². The Hall–Kier alpha value is -3.67. The van der Waals surface area contributed by atoms with Crippen LogP contribution in [-0.4, -0.2) is 37.2 Å². The molecule has 0 aromatic heterocycles. The third-order valence-corrected chi connectivity index (χ3v) is 12.3. The average molecular weight is 974 g/mol. The van der Waals surface area contributed by atoms with Crippen molar-refractivity contribution in [1.82, 2.24) is 0 Å². The lowest BCUT2D eigenvalue weighted by Crippen LogP contribution is -2.30. The van der Waals surface area contributed by atoms with Crippen LogP contribution in [0.2, 0.25) is 0 Å². The van der Waals surface area contributed by atoms with Gasteiger partial charge in [-0.15, -0.1) is 0 Å². The molecule has 6 nitrogen and oxygen atoms in total. The van der Waals surface area contributed by atoms with Gasteiger partial charge in [0.05, 0.1) is 0 Å². The van der Waals surface area contributed by atoms with Gasteiger partial charge in [-0.2, -0.15) is 0 Å². The maximum Gasteiger partial charge on any atom is 0.306 e. The molecular formula is C64H108O6. The van der Waals surface area contributed by atoms with Crippen LogP contribution in [0.5, 0.6) is 0 Å². The van der Waals surface area contributed by atoms with Crippen LogP contribution >= 0.6 is 0 Å². The second-order valence-corrected chi connectivity index (χ2v) is 19.2. The maximum atomic E-state index is 12.8. The van der Waals surface area contributed by atoms with Crippen LogP contribution in [-0.2, 0) is 28.6 Å².